The molecule has 0 saturated heterocycles. The average Bonchev–Trinajstić information content (AvgIpc) is 2.55. The Morgan fingerprint density at radius 2 is 1.79 bits per heavy atom. The molecule has 2 N–H and O–H groups in total. The molecule has 2 rings (SSSR count). The van der Waals surface area contributed by atoms with E-state index in [-0.39, 0.29) is 18.2 Å². The third-order valence-corrected chi connectivity index (χ3v) is 3.34. The normalized spacial score (nSPS) is 10.1. The van der Waals surface area contributed by atoms with Crippen molar-refractivity contribution < 1.29 is 14.3 Å². The van der Waals surface area contributed by atoms with Crippen LogP contribution in [0, 0.1) is 6.92 Å². The van der Waals surface area contributed by atoms with E-state index in [0.717, 1.165) is 16.9 Å². The Morgan fingerprint density at radius 3 is 2.46 bits per heavy atom. The molecule has 0 radical (unpaired) electrons. The third kappa shape index (κ3) is 5.76. The molecule has 0 aliphatic heterocycles. The Morgan fingerprint density at radius 1 is 1.04 bits per heavy atom. The number of nitrogens with one attached hydrogen (secondary N) is 2. The number of carbonyl (C=O) groups excluding carboxylic acids is 2. The average molecular weight is 326 g/mol. The van der Waals surface area contributed by atoms with Gasteiger partial charge in [0.15, 0.2) is 0 Å². The molecule has 0 aromatic heterocycles. The van der Waals surface area contributed by atoms with Crippen LogP contribution in [0.4, 0.5) is 5.69 Å². The summed E-state index contributed by atoms with van der Waals surface area (Å²) in [5.41, 5.74) is 2.78. The van der Waals surface area contributed by atoms with E-state index in [0.29, 0.717) is 18.8 Å². The molecule has 0 heterocycles. The summed E-state index contributed by atoms with van der Waals surface area (Å²) in [5.74, 6) is 0.0900. The summed E-state index contributed by atoms with van der Waals surface area (Å²) in [6.45, 7) is 4.91. The Hall–Kier alpha value is -2.82. The number of aryl methyl sites for hydroxylation is 1. The smallest absolute Gasteiger partial charge is 0.233 e. The van der Waals surface area contributed by atoms with Gasteiger partial charge in [0, 0.05) is 12.2 Å². The number of benzene rings is 2. The third-order valence-electron chi connectivity index (χ3n) is 3.34. The molecule has 0 atom stereocenters. The zero-order chi connectivity index (χ0) is 17.4. The van der Waals surface area contributed by atoms with Crippen LogP contribution in [0.3, 0.4) is 0 Å². The van der Waals surface area contributed by atoms with Crippen molar-refractivity contribution in [1.82, 2.24) is 5.32 Å². The first-order valence-electron chi connectivity index (χ1n) is 7.92. The SMILES string of the molecule is CCOc1ccc(NC(=O)CC(=O)NCc2cccc(C)c2)cc1. The largest absolute Gasteiger partial charge is 0.494 e. The molecule has 2 amide bonds. The lowest BCUT2D eigenvalue weighted by molar-refractivity contribution is -0.126. The molecular formula is C19H22N2O3. The first-order chi connectivity index (χ1) is 11.6. The minimum absolute atomic E-state index is 0.209. The number of carbonyl (C=O) groups is 2. The fraction of sp³-hybridized carbons (Fsp3) is 0.263. The Balaban J connectivity index is 1.77. The van der Waals surface area contributed by atoms with E-state index < -0.39 is 0 Å². The highest BCUT2D eigenvalue weighted by Crippen LogP contribution is 2.15. The lowest BCUT2D eigenvalue weighted by Crippen LogP contribution is -2.27. The maximum atomic E-state index is 11.9. The van der Waals surface area contributed by atoms with E-state index in [9.17, 15) is 9.59 Å². The van der Waals surface area contributed by atoms with E-state index in [1.165, 1.54) is 0 Å². The highest BCUT2D eigenvalue weighted by Gasteiger charge is 2.09. The second-order valence-corrected chi connectivity index (χ2v) is 5.45. The lowest BCUT2D eigenvalue weighted by Gasteiger charge is -2.08. The van der Waals surface area contributed by atoms with Crippen molar-refractivity contribution in [2.24, 2.45) is 0 Å². The Kier molecular flexibility index (Phi) is 6.37. The van der Waals surface area contributed by atoms with Gasteiger partial charge in [-0.15, -0.1) is 0 Å². The Bertz CT molecular complexity index is 696. The molecule has 2 aromatic carbocycles. The van der Waals surface area contributed by atoms with Crippen LogP contribution in [0.25, 0.3) is 0 Å². The van der Waals surface area contributed by atoms with Gasteiger partial charge >= 0.3 is 0 Å². The maximum absolute atomic E-state index is 11.9. The van der Waals surface area contributed by atoms with Crippen molar-refractivity contribution in [3.05, 3.63) is 59.7 Å². The zero-order valence-electron chi connectivity index (χ0n) is 14.0. The van der Waals surface area contributed by atoms with Crippen molar-refractivity contribution in [2.45, 2.75) is 26.8 Å². The molecule has 5 nitrogen and oxygen atoms in total. The van der Waals surface area contributed by atoms with E-state index in [4.69, 9.17) is 4.74 Å². The fourth-order valence-electron chi connectivity index (χ4n) is 2.24. The summed E-state index contributed by atoms with van der Waals surface area (Å²) in [6, 6.07) is 14.9. The van der Waals surface area contributed by atoms with Crippen molar-refractivity contribution >= 4 is 17.5 Å². The zero-order valence-corrected chi connectivity index (χ0v) is 14.0. The summed E-state index contributed by atoms with van der Waals surface area (Å²) in [5, 5.41) is 5.44. The first-order valence-corrected chi connectivity index (χ1v) is 7.92. The lowest BCUT2D eigenvalue weighted by atomic mass is 10.1. The molecule has 0 bridgehead atoms. The van der Waals surface area contributed by atoms with Gasteiger partial charge in [-0.2, -0.15) is 0 Å². The minimum Gasteiger partial charge on any atom is -0.494 e. The van der Waals surface area contributed by atoms with Crippen LogP contribution >= 0.6 is 0 Å². The van der Waals surface area contributed by atoms with Gasteiger partial charge in [-0.05, 0) is 43.7 Å². The standard InChI is InChI=1S/C19H22N2O3/c1-3-24-17-9-7-16(8-10-17)21-19(23)12-18(22)20-13-15-6-4-5-14(2)11-15/h4-11H,3,12-13H2,1-2H3,(H,20,22)(H,21,23). The van der Waals surface area contributed by atoms with Crippen LogP contribution in [0.15, 0.2) is 48.5 Å². The van der Waals surface area contributed by atoms with Gasteiger partial charge in [-0.1, -0.05) is 29.8 Å². The summed E-state index contributed by atoms with van der Waals surface area (Å²) < 4.78 is 5.34. The molecule has 0 fully saturated rings. The first kappa shape index (κ1) is 17.5. The van der Waals surface area contributed by atoms with Gasteiger partial charge in [0.25, 0.3) is 0 Å². The van der Waals surface area contributed by atoms with Gasteiger partial charge in [0.05, 0.1) is 6.61 Å². The predicted molar refractivity (Wildman–Crippen MR) is 93.9 cm³/mol. The molecule has 126 valence electrons. The number of hydrogen-bond donors (Lipinski definition) is 2. The predicted octanol–water partition coefficient (Wildman–Crippen LogP) is 3.04. The molecule has 0 aliphatic rings. The second-order valence-electron chi connectivity index (χ2n) is 5.45. The topological polar surface area (TPSA) is 67.4 Å². The van der Waals surface area contributed by atoms with Crippen LogP contribution in [0.2, 0.25) is 0 Å². The molecule has 0 saturated carbocycles. The van der Waals surface area contributed by atoms with Gasteiger partial charge in [-0.3, -0.25) is 9.59 Å². The highest BCUT2D eigenvalue weighted by atomic mass is 16.5. The monoisotopic (exact) mass is 326 g/mol. The van der Waals surface area contributed by atoms with Crippen molar-refractivity contribution in [3.8, 4) is 5.75 Å². The number of rotatable bonds is 7. The van der Waals surface area contributed by atoms with Crippen LogP contribution < -0.4 is 15.4 Å². The van der Waals surface area contributed by atoms with Gasteiger partial charge in [0.2, 0.25) is 11.8 Å². The van der Waals surface area contributed by atoms with Crippen LogP contribution in [0.1, 0.15) is 24.5 Å². The van der Waals surface area contributed by atoms with E-state index in [1.807, 2.05) is 38.1 Å². The number of amides is 2. The molecule has 5 heteroatoms. The fourth-order valence-corrected chi connectivity index (χ4v) is 2.24. The quantitative estimate of drug-likeness (QED) is 0.769. The van der Waals surface area contributed by atoms with Crippen LogP contribution in [0.5, 0.6) is 5.75 Å². The molecular weight excluding hydrogens is 304 g/mol. The molecule has 0 aliphatic carbocycles. The van der Waals surface area contributed by atoms with Gasteiger partial charge in [0.1, 0.15) is 12.2 Å². The number of anilines is 1. The van der Waals surface area contributed by atoms with Crippen LogP contribution in [-0.4, -0.2) is 18.4 Å². The summed E-state index contributed by atoms with van der Waals surface area (Å²) in [7, 11) is 0. The van der Waals surface area contributed by atoms with Crippen LogP contribution in [-0.2, 0) is 16.1 Å². The maximum Gasteiger partial charge on any atom is 0.233 e. The minimum atomic E-state index is -0.346. The Labute approximate surface area is 142 Å². The highest BCUT2D eigenvalue weighted by molar-refractivity contribution is 6.03. The molecule has 0 spiro atoms. The van der Waals surface area contributed by atoms with E-state index >= 15 is 0 Å². The van der Waals surface area contributed by atoms with Crippen molar-refractivity contribution in [2.75, 3.05) is 11.9 Å². The number of ether oxygens (including phenoxy) is 1. The van der Waals surface area contributed by atoms with E-state index in [1.54, 1.807) is 24.3 Å². The van der Waals surface area contributed by atoms with E-state index in [2.05, 4.69) is 10.6 Å². The second kappa shape index (κ2) is 8.72. The van der Waals surface area contributed by atoms with Gasteiger partial charge < -0.3 is 15.4 Å². The van der Waals surface area contributed by atoms with Gasteiger partial charge in [-0.25, -0.2) is 0 Å². The van der Waals surface area contributed by atoms with Crippen molar-refractivity contribution in [1.29, 1.82) is 0 Å². The number of hydrogen-bond acceptors (Lipinski definition) is 3. The summed E-state index contributed by atoms with van der Waals surface area (Å²) in [6.07, 6.45) is -0.209. The van der Waals surface area contributed by atoms with Crippen molar-refractivity contribution in [3.63, 3.8) is 0 Å². The molecule has 2 aromatic rings. The molecule has 24 heavy (non-hydrogen) atoms. The molecule has 0 unspecified atom stereocenters. The summed E-state index contributed by atoms with van der Waals surface area (Å²) >= 11 is 0. The summed E-state index contributed by atoms with van der Waals surface area (Å²) in [4.78, 5) is 23.7.